The van der Waals surface area contributed by atoms with Crippen molar-refractivity contribution >= 4 is 22.6 Å². The molecule has 5 nitrogen and oxygen atoms in total. The van der Waals surface area contributed by atoms with Gasteiger partial charge in [0.15, 0.2) is 0 Å². The number of anilines is 1. The Morgan fingerprint density at radius 1 is 1.30 bits per heavy atom. The van der Waals surface area contributed by atoms with Crippen LogP contribution in [-0.2, 0) is 31.2 Å². The molecule has 1 amide bonds. The molecule has 5 heteroatoms. The van der Waals surface area contributed by atoms with Crippen LogP contribution in [0.5, 0.6) is 0 Å². The fraction of sp³-hybridized carbons (Fsp3) is 0.333. The van der Waals surface area contributed by atoms with Gasteiger partial charge in [0, 0.05) is 23.8 Å². The lowest BCUT2D eigenvalue weighted by molar-refractivity contribution is -0.116. The molecule has 1 aromatic carbocycles. The zero-order valence-corrected chi connectivity index (χ0v) is 13.5. The molecule has 0 spiro atoms. The molecule has 0 fully saturated rings. The van der Waals surface area contributed by atoms with Crippen LogP contribution >= 0.6 is 0 Å². The number of amides is 1. The van der Waals surface area contributed by atoms with Crippen molar-refractivity contribution in [2.75, 3.05) is 5.32 Å². The third-order valence-electron chi connectivity index (χ3n) is 4.65. The second kappa shape index (κ2) is 5.26. The number of hydrogen-bond donors (Lipinski definition) is 1. The Morgan fingerprint density at radius 2 is 2.13 bits per heavy atom. The molecule has 0 atom stereocenters. The van der Waals surface area contributed by atoms with Crippen molar-refractivity contribution in [2.24, 2.45) is 7.05 Å². The van der Waals surface area contributed by atoms with Gasteiger partial charge < -0.3 is 9.88 Å². The first-order chi connectivity index (χ1) is 11.1. The highest BCUT2D eigenvalue weighted by Crippen LogP contribution is 2.28. The van der Waals surface area contributed by atoms with Crippen LogP contribution in [0.2, 0.25) is 0 Å². The van der Waals surface area contributed by atoms with E-state index in [0.29, 0.717) is 6.54 Å². The molecule has 0 unspecified atom stereocenters. The van der Waals surface area contributed by atoms with E-state index in [-0.39, 0.29) is 5.91 Å². The highest BCUT2D eigenvalue weighted by molar-refractivity contribution is 5.92. The van der Waals surface area contributed by atoms with Crippen LogP contribution in [0.4, 0.5) is 5.82 Å². The molecule has 0 radical (unpaired) electrons. The standard InChI is InChI=1S/C18H20N4O/c1-12-10-13-6-3-4-9-16(13)22(12)11-17(23)19-18-14-7-5-8-15(14)20-21(18)2/h3-4,6,9-10H,5,7-8,11H2,1-2H3,(H,19,23). The number of carbonyl (C=O) groups excluding carboxylic acids is 1. The van der Waals surface area contributed by atoms with Crippen molar-refractivity contribution in [3.8, 4) is 0 Å². The first-order valence-electron chi connectivity index (χ1n) is 8.03. The Labute approximate surface area is 134 Å². The number of para-hydroxylation sites is 1. The van der Waals surface area contributed by atoms with Crippen molar-refractivity contribution in [1.82, 2.24) is 14.3 Å². The topological polar surface area (TPSA) is 51.9 Å². The minimum absolute atomic E-state index is 0.00727. The molecule has 0 saturated carbocycles. The minimum Gasteiger partial charge on any atom is -0.335 e. The maximum atomic E-state index is 12.6. The Hall–Kier alpha value is -2.56. The van der Waals surface area contributed by atoms with Gasteiger partial charge in [0.05, 0.1) is 5.69 Å². The highest BCUT2D eigenvalue weighted by Gasteiger charge is 2.22. The molecule has 2 heterocycles. The van der Waals surface area contributed by atoms with Crippen molar-refractivity contribution < 1.29 is 4.79 Å². The number of benzene rings is 1. The average Bonchev–Trinajstić information content (AvgIpc) is 3.17. The number of nitrogens with one attached hydrogen (secondary N) is 1. The van der Waals surface area contributed by atoms with E-state index < -0.39 is 0 Å². The van der Waals surface area contributed by atoms with Gasteiger partial charge in [-0.2, -0.15) is 5.10 Å². The summed E-state index contributed by atoms with van der Waals surface area (Å²) in [5, 5.41) is 8.73. The third kappa shape index (κ3) is 2.32. The summed E-state index contributed by atoms with van der Waals surface area (Å²) in [5.41, 5.74) is 4.52. The van der Waals surface area contributed by atoms with Crippen LogP contribution in [0.3, 0.4) is 0 Å². The summed E-state index contributed by atoms with van der Waals surface area (Å²) in [6, 6.07) is 10.3. The normalized spacial score (nSPS) is 13.5. The largest absolute Gasteiger partial charge is 0.335 e. The quantitative estimate of drug-likeness (QED) is 0.809. The Morgan fingerprint density at radius 3 is 3.00 bits per heavy atom. The molecular formula is C18H20N4O. The van der Waals surface area contributed by atoms with E-state index in [1.807, 2.05) is 26.1 Å². The zero-order valence-electron chi connectivity index (χ0n) is 13.5. The van der Waals surface area contributed by atoms with Gasteiger partial charge in [0.25, 0.3) is 0 Å². The van der Waals surface area contributed by atoms with E-state index >= 15 is 0 Å². The van der Waals surface area contributed by atoms with Crippen LogP contribution in [-0.4, -0.2) is 20.3 Å². The molecule has 2 aromatic heterocycles. The molecule has 0 saturated heterocycles. The summed E-state index contributed by atoms with van der Waals surface area (Å²) < 4.78 is 3.85. The van der Waals surface area contributed by atoms with Gasteiger partial charge in [-0.05, 0) is 43.7 Å². The Balaban J connectivity index is 1.60. The molecule has 3 aromatic rings. The van der Waals surface area contributed by atoms with E-state index in [0.717, 1.165) is 42.0 Å². The first kappa shape index (κ1) is 14.1. The monoisotopic (exact) mass is 308 g/mol. The molecule has 0 bridgehead atoms. The predicted molar refractivity (Wildman–Crippen MR) is 90.5 cm³/mol. The SMILES string of the molecule is Cc1cc2ccccc2n1CC(=O)Nc1c2c(nn1C)CCC2. The number of hydrogen-bond acceptors (Lipinski definition) is 2. The summed E-state index contributed by atoms with van der Waals surface area (Å²) in [5.74, 6) is 0.851. The van der Waals surface area contributed by atoms with Crippen molar-refractivity contribution in [2.45, 2.75) is 32.7 Å². The van der Waals surface area contributed by atoms with Crippen molar-refractivity contribution in [3.05, 3.63) is 47.3 Å². The van der Waals surface area contributed by atoms with E-state index in [1.54, 1.807) is 4.68 Å². The van der Waals surface area contributed by atoms with Crippen molar-refractivity contribution in [3.63, 3.8) is 0 Å². The maximum absolute atomic E-state index is 12.6. The van der Waals surface area contributed by atoms with Crippen molar-refractivity contribution in [1.29, 1.82) is 0 Å². The highest BCUT2D eigenvalue weighted by atomic mass is 16.2. The second-order valence-electron chi connectivity index (χ2n) is 6.23. The van der Waals surface area contributed by atoms with Gasteiger partial charge in [-0.3, -0.25) is 9.48 Å². The van der Waals surface area contributed by atoms with E-state index in [9.17, 15) is 4.79 Å². The number of rotatable bonds is 3. The average molecular weight is 308 g/mol. The summed E-state index contributed by atoms with van der Waals surface area (Å²) in [7, 11) is 1.89. The Bertz CT molecular complexity index is 903. The maximum Gasteiger partial charge on any atom is 0.245 e. The second-order valence-corrected chi connectivity index (χ2v) is 6.23. The molecule has 118 valence electrons. The predicted octanol–water partition coefficient (Wildman–Crippen LogP) is 2.81. The van der Waals surface area contributed by atoms with E-state index in [2.05, 4.69) is 33.2 Å². The van der Waals surface area contributed by atoms with Gasteiger partial charge >= 0.3 is 0 Å². The summed E-state index contributed by atoms with van der Waals surface area (Å²) in [6.07, 6.45) is 3.15. The van der Waals surface area contributed by atoms with Gasteiger partial charge in [-0.1, -0.05) is 18.2 Å². The lowest BCUT2D eigenvalue weighted by Crippen LogP contribution is -2.21. The molecule has 4 rings (SSSR count). The van der Waals surface area contributed by atoms with Gasteiger partial charge in [-0.25, -0.2) is 0 Å². The number of fused-ring (bicyclic) bond motifs is 2. The van der Waals surface area contributed by atoms with E-state index in [4.69, 9.17) is 0 Å². The van der Waals surface area contributed by atoms with Crippen LogP contribution in [0.25, 0.3) is 10.9 Å². The van der Waals surface area contributed by atoms with Crippen LogP contribution in [0, 0.1) is 6.92 Å². The molecule has 1 aliphatic carbocycles. The van der Waals surface area contributed by atoms with Gasteiger partial charge in [0.2, 0.25) is 5.91 Å². The first-order valence-corrected chi connectivity index (χ1v) is 8.03. The van der Waals surface area contributed by atoms with E-state index in [1.165, 1.54) is 10.9 Å². The van der Waals surface area contributed by atoms with Crippen LogP contribution < -0.4 is 5.32 Å². The number of nitrogens with zero attached hydrogens (tertiary/aromatic N) is 3. The smallest absolute Gasteiger partial charge is 0.245 e. The molecule has 1 N–H and O–H groups in total. The number of carbonyl (C=O) groups is 1. The fourth-order valence-corrected chi connectivity index (χ4v) is 3.55. The zero-order chi connectivity index (χ0) is 16.0. The third-order valence-corrected chi connectivity index (χ3v) is 4.65. The lowest BCUT2D eigenvalue weighted by atomic mass is 10.2. The molecular weight excluding hydrogens is 288 g/mol. The van der Waals surface area contributed by atoms with Crippen LogP contribution in [0.1, 0.15) is 23.4 Å². The minimum atomic E-state index is -0.00727. The number of aryl methyl sites for hydroxylation is 3. The molecule has 23 heavy (non-hydrogen) atoms. The summed E-state index contributed by atoms with van der Waals surface area (Å²) in [4.78, 5) is 12.6. The summed E-state index contributed by atoms with van der Waals surface area (Å²) in [6.45, 7) is 2.36. The Kier molecular flexibility index (Phi) is 3.22. The lowest BCUT2D eigenvalue weighted by Gasteiger charge is -2.10. The summed E-state index contributed by atoms with van der Waals surface area (Å²) >= 11 is 0. The van der Waals surface area contributed by atoms with Gasteiger partial charge in [0.1, 0.15) is 12.4 Å². The molecule has 1 aliphatic rings. The number of aromatic nitrogens is 3. The molecule has 0 aliphatic heterocycles. The van der Waals surface area contributed by atoms with Crippen LogP contribution in [0.15, 0.2) is 30.3 Å². The van der Waals surface area contributed by atoms with Gasteiger partial charge in [-0.15, -0.1) is 0 Å². The fourth-order valence-electron chi connectivity index (χ4n) is 3.55.